The van der Waals surface area contributed by atoms with Crippen LogP contribution in [-0.4, -0.2) is 36.1 Å². The lowest BCUT2D eigenvalue weighted by molar-refractivity contribution is 0.110. The van der Waals surface area contributed by atoms with Crippen molar-refractivity contribution in [2.24, 2.45) is 5.92 Å². The van der Waals surface area contributed by atoms with Gasteiger partial charge >= 0.3 is 0 Å². The van der Waals surface area contributed by atoms with E-state index >= 15 is 0 Å². The minimum absolute atomic E-state index is 0.0202. The number of nitrogens with zero attached hydrogens (tertiary/aromatic N) is 2. The molecule has 0 aromatic heterocycles. The molecular formula is C15H27N3. The van der Waals surface area contributed by atoms with Crippen molar-refractivity contribution in [1.82, 2.24) is 10.2 Å². The van der Waals surface area contributed by atoms with E-state index in [0.717, 1.165) is 24.9 Å². The van der Waals surface area contributed by atoms with Crippen LogP contribution in [0, 0.1) is 17.2 Å². The SMILES string of the molecule is CC(C)NC(C#N)CCN1CCCC2CCCC21. The van der Waals surface area contributed by atoms with Crippen LogP contribution in [0.15, 0.2) is 0 Å². The summed E-state index contributed by atoms with van der Waals surface area (Å²) in [5.74, 6) is 0.956. The van der Waals surface area contributed by atoms with Crippen molar-refractivity contribution in [2.45, 2.75) is 70.5 Å². The van der Waals surface area contributed by atoms with Gasteiger partial charge in [-0.1, -0.05) is 6.42 Å². The number of hydrogen-bond acceptors (Lipinski definition) is 3. The number of piperidine rings is 1. The molecule has 0 bridgehead atoms. The van der Waals surface area contributed by atoms with Crippen molar-refractivity contribution in [3.8, 4) is 6.07 Å². The summed E-state index contributed by atoms with van der Waals surface area (Å²) in [6.07, 6.45) is 8.01. The molecule has 1 saturated carbocycles. The van der Waals surface area contributed by atoms with Gasteiger partial charge in [-0.05, 0) is 58.4 Å². The summed E-state index contributed by atoms with van der Waals surface area (Å²) in [4.78, 5) is 2.66. The number of likely N-dealkylation sites (tertiary alicyclic amines) is 1. The fourth-order valence-electron chi connectivity index (χ4n) is 3.72. The van der Waals surface area contributed by atoms with Crippen LogP contribution in [0.3, 0.4) is 0 Å². The second kappa shape index (κ2) is 6.54. The molecule has 0 spiro atoms. The molecule has 3 atom stereocenters. The zero-order valence-corrected chi connectivity index (χ0v) is 11.9. The average Bonchev–Trinajstić information content (AvgIpc) is 2.82. The van der Waals surface area contributed by atoms with E-state index in [0.29, 0.717) is 6.04 Å². The summed E-state index contributed by atoms with van der Waals surface area (Å²) < 4.78 is 0. The molecule has 1 saturated heterocycles. The molecule has 2 fully saturated rings. The van der Waals surface area contributed by atoms with Crippen LogP contribution in [0.1, 0.15) is 52.4 Å². The fourth-order valence-corrected chi connectivity index (χ4v) is 3.72. The Morgan fingerprint density at radius 1 is 1.28 bits per heavy atom. The van der Waals surface area contributed by atoms with E-state index in [1.807, 2.05) is 0 Å². The van der Waals surface area contributed by atoms with Crippen molar-refractivity contribution in [2.75, 3.05) is 13.1 Å². The molecule has 1 aliphatic carbocycles. The topological polar surface area (TPSA) is 39.1 Å². The zero-order chi connectivity index (χ0) is 13.0. The van der Waals surface area contributed by atoms with Gasteiger partial charge in [0, 0.05) is 18.6 Å². The Labute approximate surface area is 112 Å². The standard InChI is InChI=1S/C15H27N3/c1-12(2)17-14(11-16)8-10-18-9-4-6-13-5-3-7-15(13)18/h12-15,17H,3-10H2,1-2H3. The number of rotatable bonds is 5. The highest BCUT2D eigenvalue weighted by molar-refractivity contribution is 4.94. The minimum Gasteiger partial charge on any atom is -0.300 e. The predicted molar refractivity (Wildman–Crippen MR) is 74.2 cm³/mol. The maximum absolute atomic E-state index is 9.16. The molecule has 2 aliphatic rings. The summed E-state index contributed by atoms with van der Waals surface area (Å²) in [5, 5.41) is 12.5. The van der Waals surface area contributed by atoms with Crippen molar-refractivity contribution >= 4 is 0 Å². The Morgan fingerprint density at radius 3 is 2.78 bits per heavy atom. The summed E-state index contributed by atoms with van der Waals surface area (Å²) in [6.45, 7) is 6.57. The van der Waals surface area contributed by atoms with Crippen molar-refractivity contribution in [1.29, 1.82) is 5.26 Å². The van der Waals surface area contributed by atoms with Crippen molar-refractivity contribution in [3.63, 3.8) is 0 Å². The van der Waals surface area contributed by atoms with E-state index in [-0.39, 0.29) is 6.04 Å². The molecule has 0 radical (unpaired) electrons. The van der Waals surface area contributed by atoms with Crippen LogP contribution >= 0.6 is 0 Å². The molecular weight excluding hydrogens is 222 g/mol. The molecule has 3 unspecified atom stereocenters. The first kappa shape index (κ1) is 13.8. The molecule has 1 N–H and O–H groups in total. The van der Waals surface area contributed by atoms with Crippen LogP contribution in [0.25, 0.3) is 0 Å². The lowest BCUT2D eigenvalue weighted by Crippen LogP contribution is -2.45. The second-order valence-electron chi connectivity index (χ2n) is 6.23. The molecule has 1 aliphatic heterocycles. The monoisotopic (exact) mass is 249 g/mol. The van der Waals surface area contributed by atoms with Crippen LogP contribution in [-0.2, 0) is 0 Å². The van der Waals surface area contributed by atoms with Gasteiger partial charge in [0.1, 0.15) is 0 Å². The fraction of sp³-hybridized carbons (Fsp3) is 0.933. The van der Waals surface area contributed by atoms with Gasteiger partial charge in [0.25, 0.3) is 0 Å². The zero-order valence-electron chi connectivity index (χ0n) is 11.9. The van der Waals surface area contributed by atoms with Crippen LogP contribution < -0.4 is 5.32 Å². The van der Waals surface area contributed by atoms with E-state index in [4.69, 9.17) is 5.26 Å². The summed E-state index contributed by atoms with van der Waals surface area (Å²) in [7, 11) is 0. The molecule has 102 valence electrons. The summed E-state index contributed by atoms with van der Waals surface area (Å²) in [6, 6.07) is 3.64. The Balaban J connectivity index is 1.80. The maximum atomic E-state index is 9.16. The van der Waals surface area contributed by atoms with E-state index in [1.54, 1.807) is 0 Å². The lowest BCUT2D eigenvalue weighted by Gasteiger charge is -2.38. The van der Waals surface area contributed by atoms with Gasteiger partial charge in [0.05, 0.1) is 12.1 Å². The maximum Gasteiger partial charge on any atom is 0.0967 e. The molecule has 3 nitrogen and oxygen atoms in total. The first-order valence-corrected chi connectivity index (χ1v) is 7.60. The third kappa shape index (κ3) is 3.46. The van der Waals surface area contributed by atoms with Gasteiger partial charge in [0.2, 0.25) is 0 Å². The van der Waals surface area contributed by atoms with E-state index < -0.39 is 0 Å². The highest BCUT2D eigenvalue weighted by atomic mass is 15.2. The number of hydrogen-bond donors (Lipinski definition) is 1. The molecule has 3 heteroatoms. The first-order chi connectivity index (χ1) is 8.70. The summed E-state index contributed by atoms with van der Waals surface area (Å²) in [5.41, 5.74) is 0. The smallest absolute Gasteiger partial charge is 0.0967 e. The van der Waals surface area contributed by atoms with Crippen molar-refractivity contribution in [3.05, 3.63) is 0 Å². The van der Waals surface area contributed by atoms with Gasteiger partial charge in [-0.3, -0.25) is 5.32 Å². The number of nitriles is 1. The largest absolute Gasteiger partial charge is 0.300 e. The van der Waals surface area contributed by atoms with E-state index in [9.17, 15) is 0 Å². The van der Waals surface area contributed by atoms with Gasteiger partial charge in [-0.25, -0.2) is 0 Å². The third-order valence-electron chi connectivity index (χ3n) is 4.50. The lowest BCUT2D eigenvalue weighted by atomic mass is 9.91. The molecule has 18 heavy (non-hydrogen) atoms. The predicted octanol–water partition coefficient (Wildman–Crippen LogP) is 2.53. The third-order valence-corrected chi connectivity index (χ3v) is 4.50. The van der Waals surface area contributed by atoms with Crippen LogP contribution in [0.5, 0.6) is 0 Å². The quantitative estimate of drug-likeness (QED) is 0.814. The Bertz CT molecular complexity index is 295. The van der Waals surface area contributed by atoms with Crippen molar-refractivity contribution < 1.29 is 0 Å². The van der Waals surface area contributed by atoms with Gasteiger partial charge in [0.15, 0.2) is 0 Å². The molecule has 0 aromatic rings. The number of fused-ring (bicyclic) bond motifs is 1. The second-order valence-corrected chi connectivity index (χ2v) is 6.23. The van der Waals surface area contributed by atoms with E-state index in [2.05, 4.69) is 30.1 Å². The Kier molecular flexibility index (Phi) is 5.03. The summed E-state index contributed by atoms with van der Waals surface area (Å²) >= 11 is 0. The van der Waals surface area contributed by atoms with E-state index in [1.165, 1.54) is 38.6 Å². The molecule has 0 aromatic carbocycles. The van der Waals surface area contributed by atoms with Crippen LogP contribution in [0.2, 0.25) is 0 Å². The first-order valence-electron chi connectivity index (χ1n) is 7.60. The number of nitrogens with one attached hydrogen (secondary N) is 1. The highest BCUT2D eigenvalue weighted by Crippen LogP contribution is 2.36. The molecule has 1 heterocycles. The Morgan fingerprint density at radius 2 is 2.06 bits per heavy atom. The normalized spacial score (nSPS) is 30.1. The molecule has 0 amide bonds. The molecule has 2 rings (SSSR count). The van der Waals surface area contributed by atoms with Gasteiger partial charge < -0.3 is 4.90 Å². The van der Waals surface area contributed by atoms with Gasteiger partial charge in [-0.2, -0.15) is 5.26 Å². The highest BCUT2D eigenvalue weighted by Gasteiger charge is 2.34. The average molecular weight is 249 g/mol. The van der Waals surface area contributed by atoms with Gasteiger partial charge in [-0.15, -0.1) is 0 Å². The Hall–Kier alpha value is -0.590. The van der Waals surface area contributed by atoms with Crippen LogP contribution in [0.4, 0.5) is 0 Å². The minimum atomic E-state index is 0.0202.